The van der Waals surface area contributed by atoms with Crippen molar-refractivity contribution in [1.82, 2.24) is 0 Å². The van der Waals surface area contributed by atoms with Gasteiger partial charge in [-0.3, -0.25) is 4.79 Å². The topological polar surface area (TPSA) is 49.3 Å². The Hall–Kier alpha value is -2.29. The van der Waals surface area contributed by atoms with Crippen LogP contribution in [-0.2, 0) is 0 Å². The number of anilines is 2. The first-order chi connectivity index (χ1) is 8.16. The van der Waals surface area contributed by atoms with Gasteiger partial charge in [-0.15, -0.1) is 0 Å². The number of nitrogens with one attached hydrogen (secondary N) is 1. The fourth-order valence-electron chi connectivity index (χ4n) is 1.60. The van der Waals surface area contributed by atoms with Gasteiger partial charge in [0.05, 0.1) is 0 Å². The van der Waals surface area contributed by atoms with E-state index in [1.54, 1.807) is 30.3 Å². The summed E-state index contributed by atoms with van der Waals surface area (Å²) in [4.78, 5) is 11.4. The van der Waals surface area contributed by atoms with E-state index in [9.17, 15) is 9.90 Å². The maximum atomic E-state index is 11.4. The zero-order chi connectivity index (χ0) is 12.3. The van der Waals surface area contributed by atoms with Gasteiger partial charge < -0.3 is 10.4 Å². The second-order valence-corrected chi connectivity index (χ2v) is 3.77. The second kappa shape index (κ2) is 4.70. The van der Waals surface area contributed by atoms with Gasteiger partial charge in [-0.1, -0.05) is 12.1 Å². The summed E-state index contributed by atoms with van der Waals surface area (Å²) in [6.07, 6.45) is 0. The van der Waals surface area contributed by atoms with Crippen LogP contribution in [0.1, 0.15) is 17.3 Å². The molecule has 0 aromatic heterocycles. The van der Waals surface area contributed by atoms with Crippen molar-refractivity contribution in [2.75, 3.05) is 5.32 Å². The molecular formula is C14H13NO2. The van der Waals surface area contributed by atoms with Crippen molar-refractivity contribution >= 4 is 17.2 Å². The number of hydrogen-bond acceptors (Lipinski definition) is 3. The van der Waals surface area contributed by atoms with E-state index in [4.69, 9.17) is 0 Å². The van der Waals surface area contributed by atoms with Crippen LogP contribution in [0, 0.1) is 0 Å². The molecule has 0 spiro atoms. The molecule has 0 bridgehead atoms. The third kappa shape index (κ3) is 2.64. The molecule has 17 heavy (non-hydrogen) atoms. The summed E-state index contributed by atoms with van der Waals surface area (Å²) in [6, 6.07) is 14.0. The zero-order valence-corrected chi connectivity index (χ0v) is 9.47. The molecule has 0 aliphatic carbocycles. The molecule has 0 heterocycles. The molecule has 2 rings (SSSR count). The summed E-state index contributed by atoms with van der Waals surface area (Å²) in [6.45, 7) is 1.54. The first kappa shape index (κ1) is 11.2. The lowest BCUT2D eigenvalue weighted by Gasteiger charge is -2.09. The van der Waals surface area contributed by atoms with E-state index in [1.807, 2.05) is 18.2 Å². The van der Waals surface area contributed by atoms with Crippen LogP contribution in [0.15, 0.2) is 48.5 Å². The van der Waals surface area contributed by atoms with Crippen LogP contribution >= 0.6 is 0 Å². The number of carbonyl (C=O) groups excluding carboxylic acids is 1. The lowest BCUT2D eigenvalue weighted by Crippen LogP contribution is -1.99. The maximum Gasteiger partial charge on any atom is 0.161 e. The normalized spacial score (nSPS) is 9.94. The molecule has 0 fully saturated rings. The molecule has 0 aliphatic rings. The molecule has 2 N–H and O–H groups in total. The summed E-state index contributed by atoms with van der Waals surface area (Å²) < 4.78 is 0. The van der Waals surface area contributed by atoms with Crippen LogP contribution in [0.2, 0.25) is 0 Å². The highest BCUT2D eigenvalue weighted by Crippen LogP contribution is 2.22. The molecule has 2 aromatic carbocycles. The first-order valence-electron chi connectivity index (χ1n) is 5.33. The molecule has 2 aromatic rings. The van der Waals surface area contributed by atoms with Gasteiger partial charge in [-0.25, -0.2) is 0 Å². The van der Waals surface area contributed by atoms with Crippen molar-refractivity contribution in [3.05, 3.63) is 54.1 Å². The number of carbonyl (C=O) groups is 1. The SMILES string of the molecule is CC(=O)c1ccccc1Nc1ccc(O)cc1. The number of hydrogen-bond donors (Lipinski definition) is 2. The number of ketones is 1. The van der Waals surface area contributed by atoms with E-state index < -0.39 is 0 Å². The van der Waals surface area contributed by atoms with Crippen LogP contribution in [0.5, 0.6) is 5.75 Å². The fraction of sp³-hybridized carbons (Fsp3) is 0.0714. The number of rotatable bonds is 3. The van der Waals surface area contributed by atoms with Crippen LogP contribution in [0.3, 0.4) is 0 Å². The predicted octanol–water partition coefficient (Wildman–Crippen LogP) is 3.34. The van der Waals surface area contributed by atoms with Gasteiger partial charge >= 0.3 is 0 Å². The summed E-state index contributed by atoms with van der Waals surface area (Å²) >= 11 is 0. The van der Waals surface area contributed by atoms with E-state index in [-0.39, 0.29) is 11.5 Å². The van der Waals surface area contributed by atoms with E-state index in [0.29, 0.717) is 5.56 Å². The smallest absolute Gasteiger partial charge is 0.161 e. The predicted molar refractivity (Wildman–Crippen MR) is 67.8 cm³/mol. The van der Waals surface area contributed by atoms with Crippen LogP contribution in [0.25, 0.3) is 0 Å². The molecule has 0 unspecified atom stereocenters. The van der Waals surface area contributed by atoms with Gasteiger partial charge in [0.15, 0.2) is 5.78 Å². The van der Waals surface area contributed by atoms with Gasteiger partial charge in [0.2, 0.25) is 0 Å². The number of phenolic OH excluding ortho intramolecular Hbond substituents is 1. The Bertz CT molecular complexity index is 532. The fourth-order valence-corrected chi connectivity index (χ4v) is 1.60. The highest BCUT2D eigenvalue weighted by atomic mass is 16.3. The Labute approximate surface area is 99.7 Å². The van der Waals surface area contributed by atoms with Crippen LogP contribution in [0.4, 0.5) is 11.4 Å². The van der Waals surface area contributed by atoms with E-state index >= 15 is 0 Å². The monoisotopic (exact) mass is 227 g/mol. The largest absolute Gasteiger partial charge is 0.508 e. The number of Topliss-reactive ketones (excluding diaryl/α,β-unsaturated/α-hetero) is 1. The quantitative estimate of drug-likeness (QED) is 0.624. The van der Waals surface area contributed by atoms with Crippen molar-refractivity contribution in [3.63, 3.8) is 0 Å². The molecule has 0 amide bonds. The van der Waals surface area contributed by atoms with Gasteiger partial charge in [0.1, 0.15) is 5.75 Å². The number of para-hydroxylation sites is 1. The minimum absolute atomic E-state index is 0.0203. The van der Waals surface area contributed by atoms with Crippen molar-refractivity contribution < 1.29 is 9.90 Å². The summed E-state index contributed by atoms with van der Waals surface area (Å²) in [5.74, 6) is 0.238. The third-order valence-corrected chi connectivity index (χ3v) is 2.45. The minimum Gasteiger partial charge on any atom is -0.508 e. The average Bonchev–Trinajstić information content (AvgIpc) is 2.32. The Morgan fingerprint density at radius 3 is 2.35 bits per heavy atom. The van der Waals surface area contributed by atoms with Crippen molar-refractivity contribution in [3.8, 4) is 5.75 Å². The van der Waals surface area contributed by atoms with E-state index in [0.717, 1.165) is 11.4 Å². The molecule has 0 atom stereocenters. The summed E-state index contributed by atoms with van der Waals surface area (Å²) in [7, 11) is 0. The highest BCUT2D eigenvalue weighted by Gasteiger charge is 2.05. The minimum atomic E-state index is 0.0203. The van der Waals surface area contributed by atoms with Crippen LogP contribution in [-0.4, -0.2) is 10.9 Å². The van der Waals surface area contributed by atoms with Gasteiger partial charge in [-0.2, -0.15) is 0 Å². The summed E-state index contributed by atoms with van der Waals surface area (Å²) in [5, 5.41) is 12.3. The Morgan fingerprint density at radius 1 is 1.06 bits per heavy atom. The molecule has 0 saturated heterocycles. The zero-order valence-electron chi connectivity index (χ0n) is 9.47. The van der Waals surface area contributed by atoms with Gasteiger partial charge in [0, 0.05) is 16.9 Å². The Balaban J connectivity index is 2.30. The third-order valence-electron chi connectivity index (χ3n) is 2.45. The lowest BCUT2D eigenvalue weighted by molar-refractivity contribution is 0.101. The van der Waals surface area contributed by atoms with Crippen LogP contribution < -0.4 is 5.32 Å². The van der Waals surface area contributed by atoms with Crippen molar-refractivity contribution in [2.45, 2.75) is 6.92 Å². The molecule has 3 nitrogen and oxygen atoms in total. The number of benzene rings is 2. The highest BCUT2D eigenvalue weighted by molar-refractivity contribution is 6.00. The number of phenols is 1. The maximum absolute atomic E-state index is 11.4. The van der Waals surface area contributed by atoms with Crippen molar-refractivity contribution in [2.24, 2.45) is 0 Å². The number of aromatic hydroxyl groups is 1. The molecule has 86 valence electrons. The summed E-state index contributed by atoms with van der Waals surface area (Å²) in [5.41, 5.74) is 2.25. The molecule has 0 radical (unpaired) electrons. The van der Waals surface area contributed by atoms with Crippen molar-refractivity contribution in [1.29, 1.82) is 0 Å². The Morgan fingerprint density at radius 2 is 1.71 bits per heavy atom. The lowest BCUT2D eigenvalue weighted by atomic mass is 10.1. The molecule has 3 heteroatoms. The standard InChI is InChI=1S/C14H13NO2/c1-10(16)13-4-2-3-5-14(13)15-11-6-8-12(17)9-7-11/h2-9,15,17H,1H3. The Kier molecular flexibility index (Phi) is 3.10. The second-order valence-electron chi connectivity index (χ2n) is 3.77. The molecular weight excluding hydrogens is 214 g/mol. The van der Waals surface area contributed by atoms with Gasteiger partial charge in [0.25, 0.3) is 0 Å². The first-order valence-corrected chi connectivity index (χ1v) is 5.33. The van der Waals surface area contributed by atoms with E-state index in [2.05, 4.69) is 5.32 Å². The average molecular weight is 227 g/mol. The van der Waals surface area contributed by atoms with E-state index in [1.165, 1.54) is 6.92 Å². The molecule has 0 saturated carbocycles. The molecule has 0 aliphatic heterocycles. The van der Waals surface area contributed by atoms with Gasteiger partial charge in [-0.05, 0) is 43.3 Å².